The number of amides is 1. The van der Waals surface area contributed by atoms with E-state index >= 15 is 0 Å². The number of nitrogens with one attached hydrogen (secondary N) is 1. The molecular formula is C18H26N4O2. The molecule has 0 radical (unpaired) electrons. The highest BCUT2D eigenvalue weighted by molar-refractivity contribution is 5.78. The van der Waals surface area contributed by atoms with Gasteiger partial charge in [-0.15, -0.1) is 5.10 Å². The number of rotatable bonds is 8. The largest absolute Gasteiger partial charge is 0.373 e. The van der Waals surface area contributed by atoms with E-state index in [-0.39, 0.29) is 23.9 Å². The van der Waals surface area contributed by atoms with Crippen LogP contribution in [-0.2, 0) is 16.1 Å². The molecule has 1 N–H and O–H groups in total. The highest BCUT2D eigenvalue weighted by Gasteiger charge is 2.17. The summed E-state index contributed by atoms with van der Waals surface area (Å²) in [7, 11) is 0. The van der Waals surface area contributed by atoms with Gasteiger partial charge in [0, 0.05) is 12.0 Å². The monoisotopic (exact) mass is 330 g/mol. The van der Waals surface area contributed by atoms with E-state index in [0.717, 1.165) is 11.3 Å². The Balaban J connectivity index is 1.96. The van der Waals surface area contributed by atoms with Gasteiger partial charge in [-0.1, -0.05) is 49.4 Å². The van der Waals surface area contributed by atoms with Gasteiger partial charge in [-0.05, 0) is 19.4 Å². The Bertz CT molecular complexity index is 637. The van der Waals surface area contributed by atoms with Gasteiger partial charge in [0.2, 0.25) is 5.91 Å². The van der Waals surface area contributed by atoms with Gasteiger partial charge in [-0.3, -0.25) is 4.79 Å². The second kappa shape index (κ2) is 8.59. The standard InChI is InChI=1S/C18H26N4O2/c1-13(2)18(23)19-17(15-8-6-5-7-9-15)12-24-11-16-10-22(14(3)4)21-20-16/h5-10,13-14,17H,11-12H2,1-4H3,(H,19,23). The Morgan fingerprint density at radius 1 is 1.21 bits per heavy atom. The second-order valence-electron chi connectivity index (χ2n) is 6.43. The zero-order valence-electron chi connectivity index (χ0n) is 14.8. The molecule has 0 spiro atoms. The van der Waals surface area contributed by atoms with Crippen LogP contribution in [0.1, 0.15) is 51.0 Å². The van der Waals surface area contributed by atoms with Crippen LogP contribution in [0.5, 0.6) is 0 Å². The SMILES string of the molecule is CC(C)C(=O)NC(COCc1cn(C(C)C)nn1)c1ccccc1. The van der Waals surface area contributed by atoms with E-state index in [4.69, 9.17) is 4.74 Å². The predicted molar refractivity (Wildman–Crippen MR) is 92.2 cm³/mol. The molecule has 0 saturated carbocycles. The Morgan fingerprint density at radius 3 is 2.50 bits per heavy atom. The third-order valence-electron chi connectivity index (χ3n) is 3.66. The van der Waals surface area contributed by atoms with Gasteiger partial charge in [0.25, 0.3) is 0 Å². The number of ether oxygens (including phenoxy) is 1. The van der Waals surface area contributed by atoms with E-state index in [1.54, 1.807) is 4.68 Å². The summed E-state index contributed by atoms with van der Waals surface area (Å²) in [4.78, 5) is 12.0. The van der Waals surface area contributed by atoms with Crippen molar-refractivity contribution in [3.8, 4) is 0 Å². The maximum Gasteiger partial charge on any atom is 0.223 e. The van der Waals surface area contributed by atoms with Gasteiger partial charge < -0.3 is 10.1 Å². The first-order valence-corrected chi connectivity index (χ1v) is 8.31. The number of carbonyl (C=O) groups is 1. The highest BCUT2D eigenvalue weighted by Crippen LogP contribution is 2.15. The first kappa shape index (κ1) is 18.1. The van der Waals surface area contributed by atoms with E-state index in [9.17, 15) is 4.79 Å². The molecule has 6 nitrogen and oxygen atoms in total. The average molecular weight is 330 g/mol. The molecule has 130 valence electrons. The molecule has 0 aliphatic rings. The summed E-state index contributed by atoms with van der Waals surface area (Å²) in [6.07, 6.45) is 1.88. The van der Waals surface area contributed by atoms with Crippen molar-refractivity contribution in [1.29, 1.82) is 0 Å². The molecule has 0 bridgehead atoms. The summed E-state index contributed by atoms with van der Waals surface area (Å²) < 4.78 is 7.58. The molecule has 0 aliphatic carbocycles. The number of benzene rings is 1. The van der Waals surface area contributed by atoms with Gasteiger partial charge in [-0.25, -0.2) is 4.68 Å². The predicted octanol–water partition coefficient (Wildman–Crippen LogP) is 2.89. The van der Waals surface area contributed by atoms with Crippen molar-refractivity contribution in [1.82, 2.24) is 20.3 Å². The Kier molecular flexibility index (Phi) is 6.49. The number of carbonyl (C=O) groups excluding carboxylic acids is 1. The summed E-state index contributed by atoms with van der Waals surface area (Å²) in [6.45, 7) is 8.61. The van der Waals surface area contributed by atoms with Crippen LogP contribution in [0.25, 0.3) is 0 Å². The molecule has 1 heterocycles. The van der Waals surface area contributed by atoms with Gasteiger partial charge in [0.05, 0.1) is 25.5 Å². The minimum atomic E-state index is -0.179. The zero-order valence-corrected chi connectivity index (χ0v) is 14.8. The second-order valence-corrected chi connectivity index (χ2v) is 6.43. The fraction of sp³-hybridized carbons (Fsp3) is 0.500. The molecule has 24 heavy (non-hydrogen) atoms. The lowest BCUT2D eigenvalue weighted by Gasteiger charge is -2.20. The van der Waals surface area contributed by atoms with Gasteiger partial charge >= 0.3 is 0 Å². The smallest absolute Gasteiger partial charge is 0.223 e. The number of aromatic nitrogens is 3. The molecule has 0 fully saturated rings. The Labute approximate surface area is 143 Å². The molecular weight excluding hydrogens is 304 g/mol. The maximum atomic E-state index is 12.0. The molecule has 2 rings (SSSR count). The summed E-state index contributed by atoms with van der Waals surface area (Å²) >= 11 is 0. The summed E-state index contributed by atoms with van der Waals surface area (Å²) in [5, 5.41) is 11.2. The molecule has 1 amide bonds. The van der Waals surface area contributed by atoms with Gasteiger partial charge in [0.1, 0.15) is 5.69 Å². The summed E-state index contributed by atoms with van der Waals surface area (Å²) in [5.74, 6) is -0.0552. The van der Waals surface area contributed by atoms with Crippen molar-refractivity contribution in [3.05, 3.63) is 47.8 Å². The van der Waals surface area contributed by atoms with Crippen molar-refractivity contribution in [2.75, 3.05) is 6.61 Å². The van der Waals surface area contributed by atoms with Gasteiger partial charge in [0.15, 0.2) is 0 Å². The normalized spacial score (nSPS) is 12.6. The van der Waals surface area contributed by atoms with Crippen LogP contribution in [-0.4, -0.2) is 27.5 Å². The van der Waals surface area contributed by atoms with E-state index < -0.39 is 0 Å². The number of hydrogen-bond acceptors (Lipinski definition) is 4. The van der Waals surface area contributed by atoms with Crippen molar-refractivity contribution in [3.63, 3.8) is 0 Å². The lowest BCUT2D eigenvalue weighted by atomic mass is 10.1. The third-order valence-corrected chi connectivity index (χ3v) is 3.66. The average Bonchev–Trinajstić information content (AvgIpc) is 3.03. The lowest BCUT2D eigenvalue weighted by molar-refractivity contribution is -0.125. The molecule has 1 aromatic carbocycles. The molecule has 6 heteroatoms. The number of hydrogen-bond donors (Lipinski definition) is 1. The minimum Gasteiger partial charge on any atom is -0.373 e. The van der Waals surface area contributed by atoms with Crippen LogP contribution in [0.2, 0.25) is 0 Å². The third kappa shape index (κ3) is 5.16. The van der Waals surface area contributed by atoms with Crippen LogP contribution in [0.3, 0.4) is 0 Å². The molecule has 0 saturated heterocycles. The maximum absolute atomic E-state index is 12.0. The van der Waals surface area contributed by atoms with E-state index in [2.05, 4.69) is 15.6 Å². The quantitative estimate of drug-likeness (QED) is 0.808. The van der Waals surface area contributed by atoms with Crippen molar-refractivity contribution in [2.24, 2.45) is 5.92 Å². The number of nitrogens with zero attached hydrogens (tertiary/aromatic N) is 3. The summed E-state index contributed by atoms with van der Waals surface area (Å²) in [5.41, 5.74) is 1.81. The van der Waals surface area contributed by atoms with Crippen LogP contribution in [0.15, 0.2) is 36.5 Å². The van der Waals surface area contributed by atoms with Crippen molar-refractivity contribution >= 4 is 5.91 Å². The molecule has 0 aliphatic heterocycles. The lowest BCUT2D eigenvalue weighted by Crippen LogP contribution is -2.34. The first-order chi connectivity index (χ1) is 11.5. The zero-order chi connectivity index (χ0) is 17.5. The topological polar surface area (TPSA) is 69.0 Å². The van der Waals surface area contributed by atoms with Crippen molar-refractivity contribution in [2.45, 2.75) is 46.4 Å². The Morgan fingerprint density at radius 2 is 1.92 bits per heavy atom. The van der Waals surface area contributed by atoms with Crippen LogP contribution in [0.4, 0.5) is 0 Å². The minimum absolute atomic E-state index is 0.0122. The van der Waals surface area contributed by atoms with E-state index in [1.165, 1.54) is 0 Å². The van der Waals surface area contributed by atoms with Gasteiger partial charge in [-0.2, -0.15) is 0 Å². The van der Waals surface area contributed by atoms with E-state index in [0.29, 0.717) is 13.2 Å². The van der Waals surface area contributed by atoms with Crippen LogP contribution < -0.4 is 5.32 Å². The molecule has 1 aromatic heterocycles. The molecule has 1 atom stereocenters. The summed E-state index contributed by atoms with van der Waals surface area (Å²) in [6, 6.07) is 9.94. The van der Waals surface area contributed by atoms with E-state index in [1.807, 2.05) is 64.2 Å². The molecule has 2 aromatic rings. The van der Waals surface area contributed by atoms with Crippen LogP contribution >= 0.6 is 0 Å². The highest BCUT2D eigenvalue weighted by atomic mass is 16.5. The molecule has 1 unspecified atom stereocenters. The fourth-order valence-corrected chi connectivity index (χ4v) is 2.16. The fourth-order valence-electron chi connectivity index (χ4n) is 2.16. The Hall–Kier alpha value is -2.21. The first-order valence-electron chi connectivity index (χ1n) is 8.31. The van der Waals surface area contributed by atoms with Crippen molar-refractivity contribution < 1.29 is 9.53 Å². The van der Waals surface area contributed by atoms with Crippen LogP contribution in [0, 0.1) is 5.92 Å².